The van der Waals surface area contributed by atoms with E-state index in [-0.39, 0.29) is 10.8 Å². The van der Waals surface area contributed by atoms with Crippen molar-refractivity contribution in [2.75, 3.05) is 6.54 Å². The third-order valence-corrected chi connectivity index (χ3v) is 2.71. The summed E-state index contributed by atoms with van der Waals surface area (Å²) in [5.74, 6) is -0.326. The molecule has 2 rings (SSSR count). The largest absolute Gasteiger partial charge is 0.310 e. The average molecular weight is 200 g/mol. The molecule has 13 heavy (non-hydrogen) atoms. The molecule has 0 saturated carbocycles. The molecule has 0 aliphatic carbocycles. The van der Waals surface area contributed by atoms with Gasteiger partial charge in [-0.3, -0.25) is 0 Å². The summed E-state index contributed by atoms with van der Waals surface area (Å²) in [4.78, 5) is 0. The Bertz CT molecular complexity index is 308. The van der Waals surface area contributed by atoms with E-state index in [2.05, 4.69) is 5.32 Å². The lowest BCUT2D eigenvalue weighted by molar-refractivity contribution is 0.607. The lowest BCUT2D eigenvalue weighted by atomic mass is 10.1. The number of hydrogen-bond donors (Lipinski definition) is 1. The van der Waals surface area contributed by atoms with E-state index >= 15 is 0 Å². The van der Waals surface area contributed by atoms with E-state index in [1.165, 1.54) is 6.07 Å². The molecule has 1 aliphatic heterocycles. The van der Waals surface area contributed by atoms with Crippen LogP contribution in [0.1, 0.15) is 24.4 Å². The Morgan fingerprint density at radius 1 is 1.46 bits per heavy atom. The molecule has 1 heterocycles. The Kier molecular flexibility index (Phi) is 2.51. The first-order chi connectivity index (χ1) is 6.27. The van der Waals surface area contributed by atoms with Crippen LogP contribution in [0.5, 0.6) is 0 Å². The molecule has 1 atom stereocenters. The first kappa shape index (κ1) is 8.97. The summed E-state index contributed by atoms with van der Waals surface area (Å²) in [6.45, 7) is 1.02. The summed E-state index contributed by atoms with van der Waals surface area (Å²) in [6.07, 6.45) is 2.25. The smallest absolute Gasteiger partial charge is 0.142 e. The van der Waals surface area contributed by atoms with Crippen molar-refractivity contribution in [1.29, 1.82) is 0 Å². The van der Waals surface area contributed by atoms with Crippen LogP contribution in [0.2, 0.25) is 5.02 Å². The van der Waals surface area contributed by atoms with Gasteiger partial charge in [0, 0.05) is 6.04 Å². The van der Waals surface area contributed by atoms with Gasteiger partial charge >= 0.3 is 0 Å². The van der Waals surface area contributed by atoms with Gasteiger partial charge in [0.05, 0.1) is 5.02 Å². The van der Waals surface area contributed by atoms with Crippen LogP contribution in [0, 0.1) is 5.82 Å². The second-order valence-electron chi connectivity index (χ2n) is 3.32. The summed E-state index contributed by atoms with van der Waals surface area (Å²) in [5, 5.41) is 3.51. The topological polar surface area (TPSA) is 12.0 Å². The van der Waals surface area contributed by atoms with Gasteiger partial charge in [-0.05, 0) is 37.1 Å². The lowest BCUT2D eigenvalue weighted by Crippen LogP contribution is -2.12. The maximum absolute atomic E-state index is 13.1. The SMILES string of the molecule is Fc1cc([C@H]2CCCN2)ccc1Cl. The third-order valence-electron chi connectivity index (χ3n) is 2.41. The van der Waals surface area contributed by atoms with Crippen LogP contribution in [0.15, 0.2) is 18.2 Å². The number of nitrogens with one attached hydrogen (secondary N) is 1. The minimum Gasteiger partial charge on any atom is -0.310 e. The molecule has 0 bridgehead atoms. The van der Waals surface area contributed by atoms with Gasteiger partial charge in [-0.25, -0.2) is 4.39 Å². The van der Waals surface area contributed by atoms with Crippen molar-refractivity contribution < 1.29 is 4.39 Å². The fraction of sp³-hybridized carbons (Fsp3) is 0.400. The highest BCUT2D eigenvalue weighted by molar-refractivity contribution is 6.30. The molecule has 0 spiro atoms. The second kappa shape index (κ2) is 3.64. The molecule has 1 aromatic rings. The fourth-order valence-electron chi connectivity index (χ4n) is 1.70. The molecule has 1 aliphatic rings. The molecular weight excluding hydrogens is 189 g/mol. The predicted molar refractivity (Wildman–Crippen MR) is 51.4 cm³/mol. The quantitative estimate of drug-likeness (QED) is 0.734. The average Bonchev–Trinajstić information content (AvgIpc) is 2.62. The summed E-state index contributed by atoms with van der Waals surface area (Å²) >= 11 is 5.59. The van der Waals surface area contributed by atoms with Crippen molar-refractivity contribution in [2.45, 2.75) is 18.9 Å². The highest BCUT2D eigenvalue weighted by Gasteiger charge is 2.16. The maximum atomic E-state index is 13.1. The molecular formula is C10H11ClFN. The van der Waals surface area contributed by atoms with Crippen LogP contribution in [-0.4, -0.2) is 6.54 Å². The minimum atomic E-state index is -0.326. The first-order valence-electron chi connectivity index (χ1n) is 4.46. The summed E-state index contributed by atoms with van der Waals surface area (Å²) in [6, 6.07) is 5.33. The van der Waals surface area contributed by atoms with Crippen molar-refractivity contribution >= 4 is 11.6 Å². The van der Waals surface area contributed by atoms with E-state index in [1.807, 2.05) is 6.07 Å². The normalized spacial score (nSPS) is 22.2. The van der Waals surface area contributed by atoms with Gasteiger partial charge in [-0.1, -0.05) is 17.7 Å². The predicted octanol–water partition coefficient (Wildman–Crippen LogP) is 2.90. The molecule has 70 valence electrons. The molecule has 3 heteroatoms. The molecule has 0 aromatic heterocycles. The summed E-state index contributed by atoms with van der Waals surface area (Å²) < 4.78 is 13.1. The number of rotatable bonds is 1. The molecule has 0 unspecified atom stereocenters. The van der Waals surface area contributed by atoms with E-state index in [1.54, 1.807) is 6.07 Å². The van der Waals surface area contributed by atoms with E-state index in [9.17, 15) is 4.39 Å². The van der Waals surface area contributed by atoms with Crippen molar-refractivity contribution in [1.82, 2.24) is 5.32 Å². The van der Waals surface area contributed by atoms with Gasteiger partial charge in [0.2, 0.25) is 0 Å². The van der Waals surface area contributed by atoms with Crippen molar-refractivity contribution in [2.24, 2.45) is 0 Å². The molecule has 1 fully saturated rings. The zero-order valence-corrected chi connectivity index (χ0v) is 7.94. The molecule has 1 saturated heterocycles. The van der Waals surface area contributed by atoms with Crippen molar-refractivity contribution in [3.05, 3.63) is 34.6 Å². The highest BCUT2D eigenvalue weighted by Crippen LogP contribution is 2.25. The number of halogens is 2. The maximum Gasteiger partial charge on any atom is 0.142 e. The van der Waals surface area contributed by atoms with E-state index in [4.69, 9.17) is 11.6 Å². The first-order valence-corrected chi connectivity index (χ1v) is 4.83. The molecule has 0 amide bonds. The monoisotopic (exact) mass is 199 g/mol. The molecule has 1 N–H and O–H groups in total. The molecule has 1 nitrogen and oxygen atoms in total. The summed E-state index contributed by atoms with van der Waals surface area (Å²) in [7, 11) is 0. The minimum absolute atomic E-state index is 0.196. The van der Waals surface area contributed by atoms with E-state index in [0.29, 0.717) is 6.04 Å². The van der Waals surface area contributed by atoms with Crippen LogP contribution >= 0.6 is 11.6 Å². The van der Waals surface area contributed by atoms with Crippen LogP contribution in [0.3, 0.4) is 0 Å². The highest BCUT2D eigenvalue weighted by atomic mass is 35.5. The lowest BCUT2D eigenvalue weighted by Gasteiger charge is -2.10. The van der Waals surface area contributed by atoms with Gasteiger partial charge in [-0.15, -0.1) is 0 Å². The van der Waals surface area contributed by atoms with Gasteiger partial charge in [0.1, 0.15) is 5.82 Å². The Balaban J connectivity index is 2.25. The van der Waals surface area contributed by atoms with Gasteiger partial charge in [0.15, 0.2) is 0 Å². The van der Waals surface area contributed by atoms with Crippen LogP contribution in [0.25, 0.3) is 0 Å². The van der Waals surface area contributed by atoms with E-state index in [0.717, 1.165) is 24.9 Å². The molecule has 0 radical (unpaired) electrons. The summed E-state index contributed by atoms with van der Waals surface area (Å²) in [5.41, 5.74) is 0.999. The Hall–Kier alpha value is -0.600. The molecule has 1 aromatic carbocycles. The standard InChI is InChI=1S/C10H11ClFN/c11-8-4-3-7(6-9(8)12)10-2-1-5-13-10/h3-4,6,10,13H,1-2,5H2/t10-/m1/s1. The fourth-order valence-corrected chi connectivity index (χ4v) is 1.82. The van der Waals surface area contributed by atoms with E-state index < -0.39 is 0 Å². The van der Waals surface area contributed by atoms with Crippen molar-refractivity contribution in [3.63, 3.8) is 0 Å². The third kappa shape index (κ3) is 1.84. The number of benzene rings is 1. The van der Waals surface area contributed by atoms with Crippen LogP contribution in [0.4, 0.5) is 4.39 Å². The van der Waals surface area contributed by atoms with Gasteiger partial charge in [-0.2, -0.15) is 0 Å². The number of hydrogen-bond acceptors (Lipinski definition) is 1. The van der Waals surface area contributed by atoms with Crippen molar-refractivity contribution in [3.8, 4) is 0 Å². The van der Waals surface area contributed by atoms with Gasteiger partial charge < -0.3 is 5.32 Å². The Morgan fingerprint density at radius 2 is 2.31 bits per heavy atom. The van der Waals surface area contributed by atoms with Gasteiger partial charge in [0.25, 0.3) is 0 Å². The second-order valence-corrected chi connectivity index (χ2v) is 3.73. The van der Waals surface area contributed by atoms with Crippen LogP contribution in [-0.2, 0) is 0 Å². The van der Waals surface area contributed by atoms with Crippen LogP contribution < -0.4 is 5.32 Å². The Morgan fingerprint density at radius 3 is 2.92 bits per heavy atom. The zero-order valence-electron chi connectivity index (χ0n) is 7.19. The zero-order chi connectivity index (χ0) is 9.26. The Labute approximate surface area is 81.9 Å².